The lowest BCUT2D eigenvalue weighted by molar-refractivity contribution is 0.187. The third kappa shape index (κ3) is 4.07. The molecular weight excluding hydrogens is 370 g/mol. The number of amides is 2. The summed E-state index contributed by atoms with van der Waals surface area (Å²) in [4.78, 5) is 19.9. The van der Waals surface area contributed by atoms with Gasteiger partial charge in [-0.15, -0.1) is 11.3 Å². The number of sulfonamides is 1. The van der Waals surface area contributed by atoms with Gasteiger partial charge in [-0.3, -0.25) is 0 Å². The van der Waals surface area contributed by atoms with Crippen LogP contribution in [0.3, 0.4) is 0 Å². The summed E-state index contributed by atoms with van der Waals surface area (Å²) in [5.41, 5.74) is 2.03. The van der Waals surface area contributed by atoms with E-state index in [1.807, 2.05) is 13.8 Å². The summed E-state index contributed by atoms with van der Waals surface area (Å²) in [6.45, 7) is 7.00. The van der Waals surface area contributed by atoms with Crippen molar-refractivity contribution in [2.75, 3.05) is 13.1 Å². The fourth-order valence-corrected chi connectivity index (χ4v) is 5.02. The Bertz CT molecular complexity index is 877. The van der Waals surface area contributed by atoms with Crippen LogP contribution in [0.15, 0.2) is 29.2 Å². The van der Waals surface area contributed by atoms with E-state index in [0.717, 1.165) is 29.1 Å². The Kier molecular flexibility index (Phi) is 5.34. The second kappa shape index (κ2) is 7.36. The first-order valence-corrected chi connectivity index (χ1v) is 10.9. The zero-order valence-corrected chi connectivity index (χ0v) is 16.8. The number of carbonyl (C=O) groups is 1. The molecule has 26 heavy (non-hydrogen) atoms. The summed E-state index contributed by atoms with van der Waals surface area (Å²) in [7, 11) is -3.85. The van der Waals surface area contributed by atoms with Crippen molar-refractivity contribution in [3.05, 3.63) is 45.4 Å². The van der Waals surface area contributed by atoms with Crippen LogP contribution in [0, 0.1) is 20.8 Å². The minimum Gasteiger partial charge on any atom is -0.324 e. The van der Waals surface area contributed by atoms with Crippen LogP contribution in [0.5, 0.6) is 0 Å². The normalized spacial score (nSPS) is 15.9. The summed E-state index contributed by atoms with van der Waals surface area (Å²) in [6, 6.07) is 5.87. The number of carbonyl (C=O) groups excluding carboxylic acids is 1. The van der Waals surface area contributed by atoms with E-state index < -0.39 is 16.1 Å². The zero-order valence-electron chi connectivity index (χ0n) is 15.2. The molecule has 0 saturated carbocycles. The first-order chi connectivity index (χ1) is 12.3. The third-order valence-corrected chi connectivity index (χ3v) is 7.30. The molecule has 1 aliphatic rings. The molecule has 1 saturated heterocycles. The Morgan fingerprint density at radius 1 is 1.15 bits per heavy atom. The molecule has 6 nitrogen and oxygen atoms in total. The Balaban J connectivity index is 1.60. The number of urea groups is 1. The molecule has 140 valence electrons. The number of aromatic nitrogens is 1. The van der Waals surface area contributed by atoms with Crippen molar-refractivity contribution in [1.82, 2.24) is 14.6 Å². The Labute approximate surface area is 158 Å². The molecule has 2 aromatic rings. The molecule has 1 aromatic carbocycles. The molecule has 1 aromatic heterocycles. The first kappa shape index (κ1) is 18.8. The average molecular weight is 394 g/mol. The van der Waals surface area contributed by atoms with Crippen LogP contribution in [0.4, 0.5) is 4.79 Å². The van der Waals surface area contributed by atoms with E-state index in [-0.39, 0.29) is 4.90 Å². The van der Waals surface area contributed by atoms with Crippen LogP contribution in [0.25, 0.3) is 0 Å². The van der Waals surface area contributed by atoms with Gasteiger partial charge in [-0.05, 0) is 45.7 Å². The van der Waals surface area contributed by atoms with Gasteiger partial charge in [0, 0.05) is 23.9 Å². The Morgan fingerprint density at radius 2 is 1.77 bits per heavy atom. The van der Waals surface area contributed by atoms with Crippen molar-refractivity contribution in [1.29, 1.82) is 0 Å². The number of thiazole rings is 1. The Hall–Kier alpha value is -1.93. The van der Waals surface area contributed by atoms with Crippen LogP contribution < -0.4 is 4.72 Å². The van der Waals surface area contributed by atoms with Crippen molar-refractivity contribution in [3.8, 4) is 0 Å². The molecule has 0 bridgehead atoms. The maximum absolute atomic E-state index is 12.4. The highest BCUT2D eigenvalue weighted by Gasteiger charge is 2.28. The number of nitrogens with zero attached hydrogens (tertiary/aromatic N) is 2. The summed E-state index contributed by atoms with van der Waals surface area (Å²) < 4.78 is 26.9. The van der Waals surface area contributed by atoms with Gasteiger partial charge in [0.05, 0.1) is 15.6 Å². The number of aryl methyl sites for hydroxylation is 3. The summed E-state index contributed by atoms with van der Waals surface area (Å²) in [6.07, 6.45) is 1.59. The van der Waals surface area contributed by atoms with E-state index in [1.165, 1.54) is 17.0 Å². The van der Waals surface area contributed by atoms with Gasteiger partial charge in [-0.2, -0.15) is 0 Å². The lowest BCUT2D eigenvalue weighted by atomic mass is 9.98. The lowest BCUT2D eigenvalue weighted by Crippen LogP contribution is -2.46. The summed E-state index contributed by atoms with van der Waals surface area (Å²) in [5, 5.41) is 1.12. The molecule has 0 spiro atoms. The molecule has 1 fully saturated rings. The fraction of sp³-hybridized carbons (Fsp3) is 0.444. The predicted molar refractivity (Wildman–Crippen MR) is 102 cm³/mol. The number of benzene rings is 1. The second-order valence-electron chi connectivity index (χ2n) is 6.68. The monoisotopic (exact) mass is 393 g/mol. The zero-order chi connectivity index (χ0) is 18.9. The number of hydrogen-bond donors (Lipinski definition) is 1. The SMILES string of the molecule is Cc1ccc(S(=O)(=O)NC(=O)N2CCC(c3nc(C)c(C)s3)CC2)cc1. The van der Waals surface area contributed by atoms with Gasteiger partial charge in [0.1, 0.15) is 0 Å². The molecule has 0 aliphatic carbocycles. The van der Waals surface area contributed by atoms with Gasteiger partial charge in [-0.1, -0.05) is 17.7 Å². The number of rotatable bonds is 3. The molecule has 2 heterocycles. The van der Waals surface area contributed by atoms with Gasteiger partial charge in [-0.25, -0.2) is 22.9 Å². The number of hydrogen-bond acceptors (Lipinski definition) is 5. The van der Waals surface area contributed by atoms with Crippen LogP contribution in [-0.4, -0.2) is 37.4 Å². The molecule has 1 N–H and O–H groups in total. The first-order valence-electron chi connectivity index (χ1n) is 8.58. The molecule has 3 rings (SSSR count). The molecule has 0 radical (unpaired) electrons. The van der Waals surface area contributed by atoms with Crippen molar-refractivity contribution < 1.29 is 13.2 Å². The van der Waals surface area contributed by atoms with E-state index in [2.05, 4.69) is 16.6 Å². The molecule has 2 amide bonds. The lowest BCUT2D eigenvalue weighted by Gasteiger charge is -2.31. The van der Waals surface area contributed by atoms with Gasteiger partial charge >= 0.3 is 6.03 Å². The number of likely N-dealkylation sites (tertiary alicyclic amines) is 1. The van der Waals surface area contributed by atoms with E-state index in [1.54, 1.807) is 28.4 Å². The summed E-state index contributed by atoms with van der Waals surface area (Å²) in [5.74, 6) is 0.338. The van der Waals surface area contributed by atoms with Gasteiger partial charge < -0.3 is 4.90 Å². The largest absolute Gasteiger partial charge is 0.331 e. The van der Waals surface area contributed by atoms with Crippen molar-refractivity contribution in [2.24, 2.45) is 0 Å². The molecule has 8 heteroatoms. The maximum Gasteiger partial charge on any atom is 0.331 e. The highest BCUT2D eigenvalue weighted by Crippen LogP contribution is 2.32. The highest BCUT2D eigenvalue weighted by molar-refractivity contribution is 7.90. The van der Waals surface area contributed by atoms with Crippen LogP contribution in [0.1, 0.15) is 39.9 Å². The standard InChI is InChI=1S/C18H23N3O3S2/c1-12-4-6-16(7-5-12)26(23,24)20-18(22)21-10-8-15(9-11-21)17-19-13(2)14(3)25-17/h4-7,15H,8-11H2,1-3H3,(H,20,22). The summed E-state index contributed by atoms with van der Waals surface area (Å²) >= 11 is 1.71. The van der Waals surface area contributed by atoms with Crippen LogP contribution in [-0.2, 0) is 10.0 Å². The quantitative estimate of drug-likeness (QED) is 0.867. The van der Waals surface area contributed by atoms with Gasteiger partial charge in [0.15, 0.2) is 0 Å². The molecule has 0 atom stereocenters. The van der Waals surface area contributed by atoms with Gasteiger partial charge in [0.25, 0.3) is 10.0 Å². The van der Waals surface area contributed by atoms with Crippen molar-refractivity contribution in [2.45, 2.75) is 44.4 Å². The third-order valence-electron chi connectivity index (χ3n) is 4.73. The van der Waals surface area contributed by atoms with E-state index in [4.69, 9.17) is 0 Å². The molecule has 0 unspecified atom stereocenters. The van der Waals surface area contributed by atoms with Crippen LogP contribution in [0.2, 0.25) is 0 Å². The average Bonchev–Trinajstić information content (AvgIpc) is 2.94. The highest BCUT2D eigenvalue weighted by atomic mass is 32.2. The minimum absolute atomic E-state index is 0.0973. The molecule has 1 aliphatic heterocycles. The minimum atomic E-state index is -3.85. The van der Waals surface area contributed by atoms with Crippen LogP contribution >= 0.6 is 11.3 Å². The Morgan fingerprint density at radius 3 is 2.31 bits per heavy atom. The van der Waals surface area contributed by atoms with Crippen molar-refractivity contribution >= 4 is 27.4 Å². The topological polar surface area (TPSA) is 79.4 Å². The van der Waals surface area contributed by atoms with E-state index in [9.17, 15) is 13.2 Å². The van der Waals surface area contributed by atoms with Gasteiger partial charge in [0.2, 0.25) is 0 Å². The maximum atomic E-state index is 12.4. The number of nitrogens with one attached hydrogen (secondary N) is 1. The smallest absolute Gasteiger partial charge is 0.324 e. The molecular formula is C18H23N3O3S2. The number of piperidine rings is 1. The van der Waals surface area contributed by atoms with E-state index in [0.29, 0.717) is 19.0 Å². The predicted octanol–water partition coefficient (Wildman–Crippen LogP) is 3.35. The fourth-order valence-electron chi connectivity index (χ4n) is 2.96. The second-order valence-corrected chi connectivity index (χ2v) is 9.60. The van der Waals surface area contributed by atoms with E-state index >= 15 is 0 Å². The van der Waals surface area contributed by atoms with Crippen molar-refractivity contribution in [3.63, 3.8) is 0 Å².